The van der Waals surface area contributed by atoms with E-state index in [0.29, 0.717) is 25.8 Å². The number of imide groups is 1. The first kappa shape index (κ1) is 13.3. The molecule has 1 saturated carbocycles. The minimum absolute atomic E-state index is 0.0427. The third-order valence-corrected chi connectivity index (χ3v) is 4.76. The second-order valence-corrected chi connectivity index (χ2v) is 7.39. The number of amides is 3. The molecule has 2 fully saturated rings. The van der Waals surface area contributed by atoms with E-state index in [1.54, 1.807) is 0 Å². The topological polar surface area (TPSA) is 83.6 Å². The van der Waals surface area contributed by atoms with Gasteiger partial charge in [-0.05, 0) is 19.3 Å². The van der Waals surface area contributed by atoms with Crippen LogP contribution in [0.3, 0.4) is 0 Å². The van der Waals surface area contributed by atoms with Gasteiger partial charge in [0, 0.05) is 12.8 Å². The summed E-state index contributed by atoms with van der Waals surface area (Å²) < 4.78 is 22.2. The Kier molecular flexibility index (Phi) is 3.35. The van der Waals surface area contributed by atoms with E-state index in [2.05, 4.69) is 5.32 Å². The van der Waals surface area contributed by atoms with Gasteiger partial charge in [0.25, 0.3) is 5.91 Å². The predicted octanol–water partition coefficient (Wildman–Crippen LogP) is 0.286. The molecule has 7 heteroatoms. The molecule has 1 aliphatic heterocycles. The maximum absolute atomic E-state index is 11.9. The molecule has 6 nitrogen and oxygen atoms in total. The molecular formula is C11H18N2O4S. The molecule has 2 aliphatic rings. The van der Waals surface area contributed by atoms with Gasteiger partial charge in [0.2, 0.25) is 0 Å². The second kappa shape index (κ2) is 4.53. The lowest BCUT2D eigenvalue weighted by Crippen LogP contribution is -2.48. The Bertz CT molecular complexity index is 465. The van der Waals surface area contributed by atoms with Crippen molar-refractivity contribution in [3.05, 3.63) is 0 Å². The summed E-state index contributed by atoms with van der Waals surface area (Å²) in [5.41, 5.74) is -0.700. The number of hydrogen-bond acceptors (Lipinski definition) is 4. The minimum Gasteiger partial charge on any atom is -0.310 e. The highest BCUT2D eigenvalue weighted by atomic mass is 32.2. The van der Waals surface area contributed by atoms with Crippen molar-refractivity contribution in [3.63, 3.8) is 0 Å². The third kappa shape index (κ3) is 2.36. The molecule has 2 rings (SSSR count). The lowest BCUT2D eigenvalue weighted by atomic mass is 9.96. The van der Waals surface area contributed by atoms with E-state index in [0.717, 1.165) is 12.8 Å². The van der Waals surface area contributed by atoms with E-state index < -0.39 is 15.4 Å². The quantitative estimate of drug-likeness (QED) is 0.747. The number of carbonyl (C=O) groups is 2. The smallest absolute Gasteiger partial charge is 0.310 e. The van der Waals surface area contributed by atoms with Crippen molar-refractivity contribution in [2.45, 2.75) is 37.6 Å². The van der Waals surface area contributed by atoms with Gasteiger partial charge in [-0.25, -0.2) is 13.2 Å². The second-order valence-electron chi connectivity index (χ2n) is 5.13. The molecule has 0 radical (unpaired) electrons. The Morgan fingerprint density at radius 2 is 1.89 bits per heavy atom. The van der Waals surface area contributed by atoms with Crippen LogP contribution in [0.25, 0.3) is 0 Å². The molecule has 1 spiro atoms. The normalized spacial score (nSPS) is 22.8. The molecule has 102 valence electrons. The summed E-state index contributed by atoms with van der Waals surface area (Å²) in [6.07, 6.45) is 4.79. The van der Waals surface area contributed by atoms with Crippen molar-refractivity contribution in [1.29, 1.82) is 0 Å². The van der Waals surface area contributed by atoms with Crippen LogP contribution in [0.15, 0.2) is 0 Å². The average molecular weight is 274 g/mol. The molecule has 1 saturated heterocycles. The van der Waals surface area contributed by atoms with Gasteiger partial charge in [0.15, 0.2) is 0 Å². The van der Waals surface area contributed by atoms with E-state index in [9.17, 15) is 18.0 Å². The van der Waals surface area contributed by atoms with Gasteiger partial charge in [-0.1, -0.05) is 12.8 Å². The molecule has 1 N–H and O–H groups in total. The first-order chi connectivity index (χ1) is 8.35. The van der Waals surface area contributed by atoms with E-state index >= 15 is 0 Å². The lowest BCUT2D eigenvalue weighted by molar-refractivity contribution is -0.126. The standard InChI is InChI=1S/C11H18N2O4S/c1-18(16,17)8-4-7-13-10(15)12-9(14)11(13)5-2-3-6-11/h2-8H2,1H3,(H,12,14,15). The summed E-state index contributed by atoms with van der Waals surface area (Å²) in [7, 11) is -3.03. The zero-order chi connectivity index (χ0) is 13.4. The Morgan fingerprint density at radius 1 is 1.28 bits per heavy atom. The Hall–Kier alpha value is -1.11. The molecule has 0 unspecified atom stereocenters. The Labute approximate surface area is 107 Å². The first-order valence-corrected chi connectivity index (χ1v) is 8.22. The van der Waals surface area contributed by atoms with Crippen molar-refractivity contribution in [2.75, 3.05) is 18.6 Å². The lowest BCUT2D eigenvalue weighted by Gasteiger charge is -2.31. The largest absolute Gasteiger partial charge is 0.325 e. The summed E-state index contributed by atoms with van der Waals surface area (Å²) in [4.78, 5) is 25.2. The van der Waals surface area contributed by atoms with Crippen LogP contribution in [0.1, 0.15) is 32.1 Å². The van der Waals surface area contributed by atoms with Gasteiger partial charge in [0.05, 0.1) is 5.75 Å². The minimum atomic E-state index is -3.03. The number of rotatable bonds is 4. The molecule has 18 heavy (non-hydrogen) atoms. The number of urea groups is 1. The predicted molar refractivity (Wildman–Crippen MR) is 65.8 cm³/mol. The summed E-state index contributed by atoms with van der Waals surface area (Å²) in [6, 6.07) is -0.379. The van der Waals surface area contributed by atoms with Crippen LogP contribution in [-0.4, -0.2) is 49.3 Å². The maximum Gasteiger partial charge on any atom is 0.325 e. The summed E-state index contributed by atoms with van der Waals surface area (Å²) in [6.45, 7) is 0.324. The van der Waals surface area contributed by atoms with Crippen LogP contribution in [0.4, 0.5) is 4.79 Å². The molecule has 3 amide bonds. The van der Waals surface area contributed by atoms with Gasteiger partial charge in [-0.3, -0.25) is 10.1 Å². The molecule has 1 aliphatic carbocycles. The van der Waals surface area contributed by atoms with Gasteiger partial charge in [0.1, 0.15) is 15.4 Å². The van der Waals surface area contributed by atoms with Gasteiger partial charge in [-0.15, -0.1) is 0 Å². The first-order valence-electron chi connectivity index (χ1n) is 6.16. The molecule has 1 heterocycles. The fraction of sp³-hybridized carbons (Fsp3) is 0.818. The number of sulfone groups is 1. The van der Waals surface area contributed by atoms with E-state index in [1.807, 2.05) is 0 Å². The van der Waals surface area contributed by atoms with Crippen LogP contribution in [-0.2, 0) is 14.6 Å². The van der Waals surface area contributed by atoms with Crippen LogP contribution < -0.4 is 5.32 Å². The van der Waals surface area contributed by atoms with E-state index in [1.165, 1.54) is 11.2 Å². The number of carbonyl (C=O) groups excluding carboxylic acids is 2. The highest BCUT2D eigenvalue weighted by molar-refractivity contribution is 7.90. The highest BCUT2D eigenvalue weighted by Crippen LogP contribution is 2.38. The molecule has 0 aromatic heterocycles. The van der Waals surface area contributed by atoms with Gasteiger partial charge in [-0.2, -0.15) is 0 Å². The van der Waals surface area contributed by atoms with Crippen LogP contribution in [0.5, 0.6) is 0 Å². The van der Waals surface area contributed by atoms with E-state index in [-0.39, 0.29) is 17.7 Å². The number of nitrogens with one attached hydrogen (secondary N) is 1. The molecular weight excluding hydrogens is 256 g/mol. The zero-order valence-electron chi connectivity index (χ0n) is 10.4. The van der Waals surface area contributed by atoms with Crippen LogP contribution in [0, 0.1) is 0 Å². The fourth-order valence-corrected chi connectivity index (χ4v) is 3.51. The molecule has 0 bridgehead atoms. The van der Waals surface area contributed by atoms with Crippen molar-refractivity contribution in [2.24, 2.45) is 0 Å². The highest BCUT2D eigenvalue weighted by Gasteiger charge is 2.53. The summed E-state index contributed by atoms with van der Waals surface area (Å²) >= 11 is 0. The van der Waals surface area contributed by atoms with Crippen molar-refractivity contribution < 1.29 is 18.0 Å². The Morgan fingerprint density at radius 3 is 2.44 bits per heavy atom. The molecule has 0 aromatic carbocycles. The number of nitrogens with zero attached hydrogens (tertiary/aromatic N) is 1. The maximum atomic E-state index is 11.9. The average Bonchev–Trinajstić information content (AvgIpc) is 2.79. The van der Waals surface area contributed by atoms with Gasteiger partial charge >= 0.3 is 6.03 Å². The third-order valence-electron chi connectivity index (χ3n) is 3.73. The van der Waals surface area contributed by atoms with Gasteiger partial charge < -0.3 is 4.90 Å². The fourth-order valence-electron chi connectivity index (χ4n) is 2.86. The van der Waals surface area contributed by atoms with Crippen molar-refractivity contribution >= 4 is 21.8 Å². The van der Waals surface area contributed by atoms with Crippen molar-refractivity contribution in [1.82, 2.24) is 10.2 Å². The number of hydrogen-bond donors (Lipinski definition) is 1. The molecule has 0 atom stereocenters. The van der Waals surface area contributed by atoms with Crippen LogP contribution in [0.2, 0.25) is 0 Å². The summed E-state index contributed by atoms with van der Waals surface area (Å²) in [5.74, 6) is -0.175. The monoisotopic (exact) mass is 274 g/mol. The van der Waals surface area contributed by atoms with E-state index in [4.69, 9.17) is 0 Å². The Balaban J connectivity index is 2.05. The summed E-state index contributed by atoms with van der Waals surface area (Å²) in [5, 5.41) is 2.35. The molecule has 0 aromatic rings. The van der Waals surface area contributed by atoms with Crippen molar-refractivity contribution in [3.8, 4) is 0 Å². The van der Waals surface area contributed by atoms with Crippen LogP contribution >= 0.6 is 0 Å². The SMILES string of the molecule is CS(=O)(=O)CCCN1C(=O)NC(=O)C12CCCC2. The zero-order valence-corrected chi connectivity index (χ0v) is 11.3.